The van der Waals surface area contributed by atoms with E-state index in [1.807, 2.05) is 6.07 Å². The zero-order chi connectivity index (χ0) is 27.0. The zero-order valence-electron chi connectivity index (χ0n) is 23.5. The van der Waals surface area contributed by atoms with Crippen molar-refractivity contribution < 1.29 is 19.0 Å². The molecular weight excluding hydrogens is 465 g/mol. The molecule has 0 fully saturated rings. The Morgan fingerprint density at radius 1 is 0.919 bits per heavy atom. The van der Waals surface area contributed by atoms with Crippen LogP contribution in [0.1, 0.15) is 126 Å². The topological polar surface area (TPSA) is 62.5 Å². The second-order valence-electron chi connectivity index (χ2n) is 10.2. The fourth-order valence-electron chi connectivity index (χ4n) is 4.56. The van der Waals surface area contributed by atoms with Crippen LogP contribution >= 0.6 is 0 Å². The molecule has 1 N–H and O–H groups in total. The number of hydrogen-bond acceptors (Lipinski definition) is 4. The van der Waals surface area contributed by atoms with Gasteiger partial charge in [-0.25, -0.2) is 4.39 Å². The predicted molar refractivity (Wildman–Crippen MR) is 151 cm³/mol. The molecule has 0 saturated carbocycles. The second-order valence-corrected chi connectivity index (χ2v) is 10.2. The van der Waals surface area contributed by atoms with E-state index in [0.717, 1.165) is 12.8 Å². The lowest BCUT2D eigenvalue weighted by Gasteiger charge is -2.16. The molecule has 0 aliphatic carbocycles. The van der Waals surface area contributed by atoms with Crippen molar-refractivity contribution >= 4 is 0 Å². The first-order valence-corrected chi connectivity index (χ1v) is 14.8. The molecule has 0 saturated heterocycles. The molecule has 5 heteroatoms. The number of nitrogens with zero attached hydrogens (tertiary/aromatic N) is 1. The van der Waals surface area contributed by atoms with Gasteiger partial charge < -0.3 is 14.6 Å². The number of hydrogen-bond donors (Lipinski definition) is 1. The number of halogens is 1. The first kappa shape index (κ1) is 33.3. The molecule has 0 amide bonds. The molecular formula is C32H52FNO3. The quantitative estimate of drug-likeness (QED) is 0.104. The summed E-state index contributed by atoms with van der Waals surface area (Å²) in [6.45, 7) is 6.79. The van der Waals surface area contributed by atoms with E-state index >= 15 is 0 Å². The third-order valence-electron chi connectivity index (χ3n) is 6.86. The molecule has 1 aromatic carbocycles. The standard InChI is InChI=1S/C32H52FNO3/c1-3-5-6-7-8-9-10-11-12-13-14-15-16-17-18-19-21-36-27-30(25-35)37-26-28-22-29(24-34)31(20-4-2)32(33)23-28/h4,22-23,30,35H,2-3,5-21,25-27H2,1H3. The lowest BCUT2D eigenvalue weighted by Crippen LogP contribution is -2.24. The Hall–Kier alpha value is -1.74. The molecule has 0 aliphatic rings. The van der Waals surface area contributed by atoms with Gasteiger partial charge in [0.1, 0.15) is 11.9 Å². The summed E-state index contributed by atoms with van der Waals surface area (Å²) in [7, 11) is 0. The van der Waals surface area contributed by atoms with Crippen molar-refractivity contribution in [3.63, 3.8) is 0 Å². The molecule has 1 atom stereocenters. The number of aliphatic hydroxyl groups is 1. The first-order valence-electron chi connectivity index (χ1n) is 14.8. The van der Waals surface area contributed by atoms with Gasteiger partial charge in [0.25, 0.3) is 0 Å². The van der Waals surface area contributed by atoms with Gasteiger partial charge in [0.15, 0.2) is 0 Å². The minimum Gasteiger partial charge on any atom is -0.394 e. The van der Waals surface area contributed by atoms with E-state index in [2.05, 4.69) is 13.5 Å². The molecule has 1 unspecified atom stereocenters. The lowest BCUT2D eigenvalue weighted by atomic mass is 10.0. The number of rotatable bonds is 25. The molecule has 4 nitrogen and oxygen atoms in total. The molecule has 0 bridgehead atoms. The SMILES string of the molecule is C=CCc1c(F)cc(COC(CO)COCCCCCCCCCCCCCCCCCC)cc1C#N. The predicted octanol–water partition coefficient (Wildman–Crippen LogP) is 8.58. The van der Waals surface area contributed by atoms with Crippen molar-refractivity contribution in [2.24, 2.45) is 0 Å². The highest BCUT2D eigenvalue weighted by atomic mass is 19.1. The highest BCUT2D eigenvalue weighted by molar-refractivity contribution is 5.42. The molecule has 1 aromatic rings. The van der Waals surface area contributed by atoms with E-state index in [9.17, 15) is 14.8 Å². The van der Waals surface area contributed by atoms with Crippen molar-refractivity contribution in [1.29, 1.82) is 5.26 Å². The van der Waals surface area contributed by atoms with Crippen LogP contribution in [0, 0.1) is 17.1 Å². The molecule has 210 valence electrons. The Bertz CT molecular complexity index is 746. The number of ether oxygens (including phenoxy) is 2. The van der Waals surface area contributed by atoms with Crippen molar-refractivity contribution in [3.05, 3.63) is 47.3 Å². The van der Waals surface area contributed by atoms with Gasteiger partial charge in [0.05, 0.1) is 31.5 Å². The summed E-state index contributed by atoms with van der Waals surface area (Å²) < 4.78 is 25.7. The maximum absolute atomic E-state index is 14.3. The van der Waals surface area contributed by atoms with Gasteiger partial charge in [-0.05, 0) is 30.5 Å². The van der Waals surface area contributed by atoms with E-state index in [4.69, 9.17) is 9.47 Å². The number of aliphatic hydroxyl groups excluding tert-OH is 1. The Kier molecular flexibility index (Phi) is 21.0. The fourth-order valence-corrected chi connectivity index (χ4v) is 4.56. The molecule has 37 heavy (non-hydrogen) atoms. The van der Waals surface area contributed by atoms with Crippen LogP contribution in [-0.4, -0.2) is 31.0 Å². The van der Waals surface area contributed by atoms with E-state index in [0.29, 0.717) is 36.3 Å². The zero-order valence-corrected chi connectivity index (χ0v) is 23.5. The maximum Gasteiger partial charge on any atom is 0.128 e. The first-order chi connectivity index (χ1) is 18.2. The van der Waals surface area contributed by atoms with Crippen LogP contribution in [0.2, 0.25) is 0 Å². The van der Waals surface area contributed by atoms with Gasteiger partial charge in [-0.15, -0.1) is 6.58 Å². The third kappa shape index (κ3) is 16.7. The minimum absolute atomic E-state index is 0.119. The van der Waals surface area contributed by atoms with Gasteiger partial charge >= 0.3 is 0 Å². The monoisotopic (exact) mass is 517 g/mol. The molecule has 0 aromatic heterocycles. The van der Waals surface area contributed by atoms with Gasteiger partial charge in [0, 0.05) is 12.2 Å². The highest BCUT2D eigenvalue weighted by Crippen LogP contribution is 2.19. The average molecular weight is 518 g/mol. The Labute approximate surface area is 226 Å². The molecule has 0 spiro atoms. The summed E-state index contributed by atoms with van der Waals surface area (Å²) in [5.74, 6) is -0.433. The summed E-state index contributed by atoms with van der Waals surface area (Å²) in [6, 6.07) is 5.05. The van der Waals surface area contributed by atoms with Crippen molar-refractivity contribution in [2.75, 3.05) is 19.8 Å². The van der Waals surface area contributed by atoms with Crippen molar-refractivity contribution in [2.45, 2.75) is 129 Å². The summed E-state index contributed by atoms with van der Waals surface area (Å²) in [5, 5.41) is 18.9. The normalized spacial score (nSPS) is 11.9. The second kappa shape index (κ2) is 23.4. The fraction of sp³-hybridized carbons (Fsp3) is 0.719. The van der Waals surface area contributed by atoms with Crippen LogP contribution in [0.4, 0.5) is 4.39 Å². The molecule has 0 heterocycles. The van der Waals surface area contributed by atoms with Crippen LogP contribution < -0.4 is 0 Å². The van der Waals surface area contributed by atoms with Crippen molar-refractivity contribution in [3.8, 4) is 6.07 Å². The van der Waals surface area contributed by atoms with Crippen LogP contribution in [0.15, 0.2) is 24.8 Å². The average Bonchev–Trinajstić information content (AvgIpc) is 2.90. The molecule has 0 aliphatic heterocycles. The number of nitriles is 1. The van der Waals surface area contributed by atoms with Crippen LogP contribution in [0.3, 0.4) is 0 Å². The summed E-state index contributed by atoms with van der Waals surface area (Å²) >= 11 is 0. The maximum atomic E-state index is 14.3. The van der Waals surface area contributed by atoms with E-state index in [1.54, 1.807) is 12.1 Å². The number of unbranched alkanes of at least 4 members (excludes halogenated alkanes) is 15. The Morgan fingerprint density at radius 3 is 1.95 bits per heavy atom. The molecule has 1 rings (SSSR count). The highest BCUT2D eigenvalue weighted by Gasteiger charge is 2.13. The summed E-state index contributed by atoms with van der Waals surface area (Å²) in [5.41, 5.74) is 1.21. The minimum atomic E-state index is -0.470. The van der Waals surface area contributed by atoms with Gasteiger partial charge in [-0.3, -0.25) is 0 Å². The summed E-state index contributed by atoms with van der Waals surface area (Å²) in [6.07, 6.45) is 22.8. The van der Waals surface area contributed by atoms with E-state index in [1.165, 1.54) is 96.0 Å². The number of allylic oxidation sites excluding steroid dienone is 1. The van der Waals surface area contributed by atoms with E-state index < -0.39 is 11.9 Å². The number of benzene rings is 1. The van der Waals surface area contributed by atoms with Crippen LogP contribution in [0.5, 0.6) is 0 Å². The van der Waals surface area contributed by atoms with Gasteiger partial charge in [-0.2, -0.15) is 5.26 Å². The van der Waals surface area contributed by atoms with Crippen molar-refractivity contribution in [1.82, 2.24) is 0 Å². The van der Waals surface area contributed by atoms with Crippen LogP contribution in [0.25, 0.3) is 0 Å². The van der Waals surface area contributed by atoms with Crippen LogP contribution in [-0.2, 0) is 22.5 Å². The van der Waals surface area contributed by atoms with Gasteiger partial charge in [0.2, 0.25) is 0 Å². The van der Waals surface area contributed by atoms with Gasteiger partial charge in [-0.1, -0.05) is 109 Å². The summed E-state index contributed by atoms with van der Waals surface area (Å²) in [4.78, 5) is 0. The Balaban J connectivity index is 2.00. The largest absolute Gasteiger partial charge is 0.394 e. The lowest BCUT2D eigenvalue weighted by molar-refractivity contribution is -0.0503. The van der Waals surface area contributed by atoms with E-state index in [-0.39, 0.29) is 13.2 Å². The smallest absolute Gasteiger partial charge is 0.128 e. The third-order valence-corrected chi connectivity index (χ3v) is 6.86. The Morgan fingerprint density at radius 2 is 1.46 bits per heavy atom. The molecule has 0 radical (unpaired) electrons.